The van der Waals surface area contributed by atoms with E-state index >= 15 is 0 Å². The van der Waals surface area contributed by atoms with Gasteiger partial charge in [-0.15, -0.1) is 0 Å². The Balaban J connectivity index is 1.71. The van der Waals surface area contributed by atoms with Crippen LogP contribution in [0.1, 0.15) is 60.3 Å². The van der Waals surface area contributed by atoms with Crippen LogP contribution in [0.2, 0.25) is 0 Å². The van der Waals surface area contributed by atoms with Gasteiger partial charge in [-0.1, -0.05) is 13.8 Å². The van der Waals surface area contributed by atoms with Crippen molar-refractivity contribution in [1.82, 2.24) is 10.2 Å². The van der Waals surface area contributed by atoms with E-state index in [1.54, 1.807) is 0 Å². The van der Waals surface area contributed by atoms with Gasteiger partial charge < -0.3 is 20.1 Å². The summed E-state index contributed by atoms with van der Waals surface area (Å²) < 4.78 is 5.48. The van der Waals surface area contributed by atoms with Gasteiger partial charge in [-0.3, -0.25) is 0 Å². The van der Waals surface area contributed by atoms with Crippen LogP contribution in [0.3, 0.4) is 0 Å². The van der Waals surface area contributed by atoms with E-state index in [4.69, 9.17) is 4.74 Å². The third kappa shape index (κ3) is 4.83. The van der Waals surface area contributed by atoms with Crippen molar-refractivity contribution in [2.45, 2.75) is 78.0 Å². The van der Waals surface area contributed by atoms with Crippen molar-refractivity contribution in [2.75, 3.05) is 19.6 Å². The topological polar surface area (TPSA) is 61.8 Å². The summed E-state index contributed by atoms with van der Waals surface area (Å²) in [5.41, 5.74) is -0.447. The second-order valence-corrected chi connectivity index (χ2v) is 8.80. The van der Waals surface area contributed by atoms with Gasteiger partial charge in [0, 0.05) is 24.5 Å². The number of hydrogen-bond acceptors (Lipinski definition) is 4. The van der Waals surface area contributed by atoms with Crippen molar-refractivity contribution < 1.29 is 14.6 Å². The Bertz CT molecular complexity index is 417. The summed E-state index contributed by atoms with van der Waals surface area (Å²) in [7, 11) is 0. The van der Waals surface area contributed by atoms with Crippen LogP contribution in [-0.4, -0.2) is 53.5 Å². The van der Waals surface area contributed by atoms with E-state index < -0.39 is 5.60 Å². The predicted octanol–water partition coefficient (Wildman–Crippen LogP) is 2.77. The van der Waals surface area contributed by atoms with Crippen LogP contribution >= 0.6 is 0 Å². The maximum atomic E-state index is 12.2. The Labute approximate surface area is 140 Å². The minimum absolute atomic E-state index is 0.0187. The molecule has 1 heterocycles. The first-order valence-corrected chi connectivity index (χ1v) is 8.99. The molecule has 1 saturated carbocycles. The molecular formula is C18H34N2O3. The standard InChI is InChI=1S/C18H34N2O3/c1-17(2,3)23-16(22)20-10-6-7-13(12-20)8-9-19-14-11-15(21)18(14,4)5/h13-15,19,21H,6-12H2,1-5H3. The van der Waals surface area contributed by atoms with Crippen molar-refractivity contribution >= 4 is 6.09 Å². The van der Waals surface area contributed by atoms with Gasteiger partial charge in [0.25, 0.3) is 0 Å². The molecule has 0 radical (unpaired) electrons. The maximum Gasteiger partial charge on any atom is 0.410 e. The number of carbonyl (C=O) groups is 1. The summed E-state index contributed by atoms with van der Waals surface area (Å²) >= 11 is 0. The minimum atomic E-state index is -0.428. The lowest BCUT2D eigenvalue weighted by atomic mass is 9.64. The highest BCUT2D eigenvalue weighted by Crippen LogP contribution is 2.40. The number of rotatable bonds is 4. The molecule has 0 spiro atoms. The van der Waals surface area contributed by atoms with Gasteiger partial charge in [-0.2, -0.15) is 0 Å². The minimum Gasteiger partial charge on any atom is -0.444 e. The second kappa shape index (κ2) is 6.98. The van der Waals surface area contributed by atoms with Gasteiger partial charge in [0.1, 0.15) is 5.60 Å². The fraction of sp³-hybridized carbons (Fsp3) is 0.944. The smallest absolute Gasteiger partial charge is 0.410 e. The number of ether oxygens (including phenoxy) is 1. The van der Waals surface area contributed by atoms with E-state index in [0.29, 0.717) is 12.0 Å². The summed E-state index contributed by atoms with van der Waals surface area (Å²) in [5.74, 6) is 0.539. The average Bonchev–Trinajstić information content (AvgIpc) is 2.45. The fourth-order valence-corrected chi connectivity index (χ4v) is 3.50. The normalized spacial score (nSPS) is 30.7. The number of likely N-dealkylation sites (tertiary alicyclic amines) is 1. The third-order valence-corrected chi connectivity index (χ3v) is 5.33. The molecule has 134 valence electrons. The average molecular weight is 326 g/mol. The van der Waals surface area contributed by atoms with E-state index in [2.05, 4.69) is 19.2 Å². The molecule has 3 atom stereocenters. The largest absolute Gasteiger partial charge is 0.444 e. The lowest BCUT2D eigenvalue weighted by molar-refractivity contribution is -0.0726. The van der Waals surface area contributed by atoms with E-state index in [1.165, 1.54) is 6.42 Å². The number of nitrogens with one attached hydrogen (secondary N) is 1. The van der Waals surface area contributed by atoms with Gasteiger partial charge in [-0.05, 0) is 58.9 Å². The van der Waals surface area contributed by atoms with Crippen LogP contribution in [0.15, 0.2) is 0 Å². The lowest BCUT2D eigenvalue weighted by Crippen LogP contribution is -2.60. The van der Waals surface area contributed by atoms with Crippen LogP contribution in [0.4, 0.5) is 4.79 Å². The molecule has 3 unspecified atom stereocenters. The number of piperidine rings is 1. The molecule has 2 rings (SSSR count). The highest BCUT2D eigenvalue weighted by Gasteiger charge is 2.46. The fourth-order valence-electron chi connectivity index (χ4n) is 3.50. The molecule has 2 fully saturated rings. The Morgan fingerprint density at radius 2 is 2.09 bits per heavy atom. The van der Waals surface area contributed by atoms with Gasteiger partial charge in [0.2, 0.25) is 0 Å². The number of hydrogen-bond donors (Lipinski definition) is 2. The molecule has 1 aliphatic heterocycles. The van der Waals surface area contributed by atoms with Crippen LogP contribution < -0.4 is 5.32 Å². The Kier molecular flexibility index (Phi) is 5.62. The van der Waals surface area contributed by atoms with Crippen molar-refractivity contribution in [3.63, 3.8) is 0 Å². The highest BCUT2D eigenvalue weighted by atomic mass is 16.6. The van der Waals surface area contributed by atoms with Gasteiger partial charge in [0.05, 0.1) is 6.10 Å². The summed E-state index contributed by atoms with van der Waals surface area (Å²) in [4.78, 5) is 14.0. The molecule has 0 aromatic rings. The quantitative estimate of drug-likeness (QED) is 0.834. The van der Waals surface area contributed by atoms with E-state index in [9.17, 15) is 9.90 Å². The summed E-state index contributed by atoms with van der Waals surface area (Å²) in [6, 6.07) is 0.406. The molecule has 5 heteroatoms. The van der Waals surface area contributed by atoms with Crippen molar-refractivity contribution in [2.24, 2.45) is 11.3 Å². The molecule has 2 N–H and O–H groups in total. The first-order valence-electron chi connectivity index (χ1n) is 8.99. The Hall–Kier alpha value is -0.810. The Morgan fingerprint density at radius 1 is 1.39 bits per heavy atom. The maximum absolute atomic E-state index is 12.2. The molecular weight excluding hydrogens is 292 g/mol. The van der Waals surface area contributed by atoms with Crippen LogP contribution in [0.5, 0.6) is 0 Å². The summed E-state index contributed by atoms with van der Waals surface area (Å²) in [6.07, 6.45) is 3.79. The molecule has 1 saturated heterocycles. The van der Waals surface area contributed by atoms with Crippen LogP contribution in [0.25, 0.3) is 0 Å². The first kappa shape index (κ1) is 18.5. The SMILES string of the molecule is CC(C)(C)OC(=O)N1CCCC(CCNC2CC(O)C2(C)C)C1. The third-order valence-electron chi connectivity index (χ3n) is 5.33. The lowest BCUT2D eigenvalue weighted by Gasteiger charge is -2.50. The number of aliphatic hydroxyl groups excluding tert-OH is 1. The van der Waals surface area contributed by atoms with Crippen molar-refractivity contribution in [1.29, 1.82) is 0 Å². The zero-order chi connectivity index (χ0) is 17.3. The predicted molar refractivity (Wildman–Crippen MR) is 91.3 cm³/mol. The molecule has 2 aliphatic rings. The summed E-state index contributed by atoms with van der Waals surface area (Å²) in [6.45, 7) is 12.5. The van der Waals surface area contributed by atoms with Crippen molar-refractivity contribution in [3.8, 4) is 0 Å². The molecule has 1 aliphatic carbocycles. The zero-order valence-corrected chi connectivity index (χ0v) is 15.4. The van der Waals surface area contributed by atoms with Gasteiger partial charge >= 0.3 is 6.09 Å². The number of amides is 1. The van der Waals surface area contributed by atoms with E-state index in [0.717, 1.165) is 38.9 Å². The monoisotopic (exact) mass is 326 g/mol. The molecule has 5 nitrogen and oxygen atoms in total. The van der Waals surface area contributed by atoms with Crippen LogP contribution in [0, 0.1) is 11.3 Å². The Morgan fingerprint density at radius 3 is 2.65 bits per heavy atom. The zero-order valence-electron chi connectivity index (χ0n) is 15.4. The molecule has 1 amide bonds. The number of aliphatic hydroxyl groups is 1. The van der Waals surface area contributed by atoms with Crippen molar-refractivity contribution in [3.05, 3.63) is 0 Å². The van der Waals surface area contributed by atoms with Gasteiger partial charge in [-0.25, -0.2) is 4.79 Å². The molecule has 23 heavy (non-hydrogen) atoms. The van der Waals surface area contributed by atoms with E-state index in [-0.39, 0.29) is 17.6 Å². The highest BCUT2D eigenvalue weighted by molar-refractivity contribution is 5.68. The van der Waals surface area contributed by atoms with Crippen LogP contribution in [-0.2, 0) is 4.74 Å². The van der Waals surface area contributed by atoms with E-state index in [1.807, 2.05) is 25.7 Å². The molecule has 0 aromatic heterocycles. The number of carbonyl (C=O) groups excluding carboxylic acids is 1. The summed E-state index contributed by atoms with van der Waals surface area (Å²) in [5, 5.41) is 13.4. The second-order valence-electron chi connectivity index (χ2n) is 8.80. The van der Waals surface area contributed by atoms with Gasteiger partial charge in [0.15, 0.2) is 0 Å². The molecule has 0 aromatic carbocycles. The number of nitrogens with zero attached hydrogens (tertiary/aromatic N) is 1. The first-order chi connectivity index (χ1) is 10.6. The molecule has 0 bridgehead atoms.